The third-order valence-corrected chi connectivity index (χ3v) is 7.04. The molecule has 4 nitrogen and oxygen atoms in total. The number of hydrogen-bond acceptors (Lipinski definition) is 4. The Hall–Kier alpha value is -1.55. The summed E-state index contributed by atoms with van der Waals surface area (Å²) in [4.78, 5) is 12.3. The first-order valence-electron chi connectivity index (χ1n) is 9.04. The third-order valence-electron chi connectivity index (χ3n) is 7.04. The van der Waals surface area contributed by atoms with E-state index >= 15 is 0 Å². The molecule has 130 valence electrons. The molecule has 0 bridgehead atoms. The van der Waals surface area contributed by atoms with Gasteiger partial charge in [0.2, 0.25) is 0 Å². The average molecular weight is 330 g/mol. The maximum Gasteiger partial charge on any atom is 0.310 e. The minimum atomic E-state index is -0.540. The van der Waals surface area contributed by atoms with Crippen LogP contribution in [-0.4, -0.2) is 23.8 Å². The molecule has 0 amide bonds. The van der Waals surface area contributed by atoms with Crippen LogP contribution in [0, 0.1) is 22.7 Å². The molecule has 0 unspecified atom stereocenters. The van der Waals surface area contributed by atoms with Crippen LogP contribution in [0.2, 0.25) is 0 Å². The molecule has 2 heterocycles. The van der Waals surface area contributed by atoms with Crippen LogP contribution >= 0.6 is 0 Å². The number of cyclic esters (lactones) is 1. The summed E-state index contributed by atoms with van der Waals surface area (Å²) in [6, 6.07) is 2.02. The lowest BCUT2D eigenvalue weighted by molar-refractivity contribution is -0.142. The van der Waals surface area contributed by atoms with E-state index in [1.54, 1.807) is 6.26 Å². The van der Waals surface area contributed by atoms with Gasteiger partial charge in [0.1, 0.15) is 6.61 Å². The minimum absolute atomic E-state index is 0.0247. The van der Waals surface area contributed by atoms with Gasteiger partial charge in [-0.1, -0.05) is 25.5 Å². The predicted molar refractivity (Wildman–Crippen MR) is 89.1 cm³/mol. The molecule has 0 aromatic carbocycles. The van der Waals surface area contributed by atoms with Gasteiger partial charge in [0.15, 0.2) is 0 Å². The molecule has 3 aliphatic rings. The van der Waals surface area contributed by atoms with E-state index in [9.17, 15) is 9.90 Å². The van der Waals surface area contributed by atoms with Gasteiger partial charge in [0.05, 0.1) is 24.5 Å². The number of aryl methyl sites for hydroxylation is 1. The zero-order valence-electron chi connectivity index (χ0n) is 14.5. The monoisotopic (exact) mass is 330 g/mol. The zero-order chi connectivity index (χ0) is 16.9. The molecule has 0 radical (unpaired) electrons. The Morgan fingerprint density at radius 1 is 1.42 bits per heavy atom. The molecule has 1 saturated carbocycles. The van der Waals surface area contributed by atoms with E-state index in [0.717, 1.165) is 25.7 Å². The lowest BCUT2D eigenvalue weighted by Gasteiger charge is -2.54. The van der Waals surface area contributed by atoms with Crippen LogP contribution in [0.25, 0.3) is 0 Å². The van der Waals surface area contributed by atoms with Crippen molar-refractivity contribution in [1.29, 1.82) is 0 Å². The maximum atomic E-state index is 12.3. The zero-order valence-corrected chi connectivity index (χ0v) is 14.5. The van der Waals surface area contributed by atoms with Gasteiger partial charge in [0.25, 0.3) is 0 Å². The quantitative estimate of drug-likeness (QED) is 0.681. The third kappa shape index (κ3) is 2.19. The largest absolute Gasteiger partial charge is 0.472 e. The average Bonchev–Trinajstić information content (AvgIpc) is 3.18. The molecule has 4 heteroatoms. The minimum Gasteiger partial charge on any atom is -0.472 e. The summed E-state index contributed by atoms with van der Waals surface area (Å²) in [5.41, 5.74) is 2.26. The summed E-state index contributed by atoms with van der Waals surface area (Å²) in [5, 5.41) is 10.4. The van der Waals surface area contributed by atoms with Crippen molar-refractivity contribution in [3.05, 3.63) is 35.8 Å². The molecule has 2 fully saturated rings. The first kappa shape index (κ1) is 15.9. The van der Waals surface area contributed by atoms with Crippen molar-refractivity contribution in [2.45, 2.75) is 52.1 Å². The number of aliphatic hydroxyl groups excluding tert-OH is 1. The molecule has 5 atom stereocenters. The summed E-state index contributed by atoms with van der Waals surface area (Å²) < 4.78 is 10.7. The molecule has 1 spiro atoms. The maximum absolute atomic E-state index is 12.3. The number of carbonyl (C=O) groups is 1. The van der Waals surface area contributed by atoms with Crippen LogP contribution in [-0.2, 0) is 16.0 Å². The topological polar surface area (TPSA) is 59.7 Å². The Balaban J connectivity index is 1.71. The van der Waals surface area contributed by atoms with Crippen LogP contribution in [0.3, 0.4) is 0 Å². The van der Waals surface area contributed by atoms with Crippen LogP contribution in [0.1, 0.15) is 45.1 Å². The van der Waals surface area contributed by atoms with E-state index in [4.69, 9.17) is 9.15 Å². The van der Waals surface area contributed by atoms with Gasteiger partial charge < -0.3 is 14.3 Å². The van der Waals surface area contributed by atoms with Crippen molar-refractivity contribution in [1.82, 2.24) is 0 Å². The van der Waals surface area contributed by atoms with Gasteiger partial charge in [0, 0.05) is 5.41 Å². The number of esters is 1. The molecular formula is C20H26O4. The highest BCUT2D eigenvalue weighted by Gasteiger charge is 2.61. The van der Waals surface area contributed by atoms with E-state index < -0.39 is 6.10 Å². The summed E-state index contributed by atoms with van der Waals surface area (Å²) >= 11 is 0. The molecule has 1 aliphatic heterocycles. The second kappa shape index (κ2) is 5.48. The molecule has 1 saturated heterocycles. The van der Waals surface area contributed by atoms with Gasteiger partial charge in [-0.05, 0) is 55.1 Å². The molecular weight excluding hydrogens is 304 g/mol. The van der Waals surface area contributed by atoms with E-state index in [2.05, 4.69) is 13.8 Å². The number of carbonyl (C=O) groups excluding carboxylic acids is 1. The lowest BCUT2D eigenvalue weighted by Crippen LogP contribution is -2.50. The second-order valence-corrected chi connectivity index (χ2v) is 8.19. The molecule has 1 aromatic heterocycles. The normalized spacial score (nSPS) is 41.4. The van der Waals surface area contributed by atoms with Gasteiger partial charge in [-0.3, -0.25) is 4.79 Å². The standard InChI is InChI=1S/C20H26O4/c1-13-3-7-20-12-24-18(22)16(20)9-15(21)10-17(20)19(13,2)6-4-14-5-8-23-11-14/h5,8,10-11,13,15-16,21H,3-4,6-7,9,12H2,1-2H3/t13-,15-,16-,19+,20-/m1/s1. The first-order chi connectivity index (χ1) is 11.5. The van der Waals surface area contributed by atoms with Crippen LogP contribution in [0.15, 0.2) is 34.7 Å². The Morgan fingerprint density at radius 2 is 2.25 bits per heavy atom. The van der Waals surface area contributed by atoms with Crippen molar-refractivity contribution in [2.75, 3.05) is 6.61 Å². The Bertz CT molecular complexity index is 661. The van der Waals surface area contributed by atoms with Crippen molar-refractivity contribution >= 4 is 5.97 Å². The SMILES string of the molecule is C[C@@H]1CC[C@@]23COC(=O)[C@H]2C[C@@H](O)C=C3[C@@]1(C)CCc1ccoc1. The van der Waals surface area contributed by atoms with Crippen LogP contribution in [0.5, 0.6) is 0 Å². The van der Waals surface area contributed by atoms with Crippen LogP contribution in [0.4, 0.5) is 0 Å². The number of aliphatic hydroxyl groups is 1. The van der Waals surface area contributed by atoms with Gasteiger partial charge in [-0.25, -0.2) is 0 Å². The van der Waals surface area contributed by atoms with Crippen molar-refractivity contribution < 1.29 is 19.1 Å². The Labute approximate surface area is 142 Å². The Morgan fingerprint density at radius 3 is 3.00 bits per heavy atom. The van der Waals surface area contributed by atoms with Crippen molar-refractivity contribution in [2.24, 2.45) is 22.7 Å². The fourth-order valence-corrected chi connectivity index (χ4v) is 5.30. The van der Waals surface area contributed by atoms with E-state index in [-0.39, 0.29) is 22.7 Å². The Kier molecular flexibility index (Phi) is 3.64. The number of ether oxygens (including phenoxy) is 1. The van der Waals surface area contributed by atoms with Gasteiger partial charge >= 0.3 is 5.97 Å². The number of furan rings is 1. The fourth-order valence-electron chi connectivity index (χ4n) is 5.30. The molecule has 1 aromatic rings. The highest BCUT2D eigenvalue weighted by atomic mass is 16.5. The summed E-state index contributed by atoms with van der Waals surface area (Å²) in [6.07, 6.45) is 9.57. The lowest BCUT2D eigenvalue weighted by atomic mass is 9.49. The van der Waals surface area contributed by atoms with E-state index in [0.29, 0.717) is 18.9 Å². The van der Waals surface area contributed by atoms with Gasteiger partial charge in [-0.15, -0.1) is 0 Å². The predicted octanol–water partition coefficient (Wildman–Crippen LogP) is 3.50. The highest BCUT2D eigenvalue weighted by Crippen LogP contribution is 2.63. The highest BCUT2D eigenvalue weighted by molar-refractivity contribution is 5.77. The molecule has 1 N–H and O–H groups in total. The summed E-state index contributed by atoms with van der Waals surface area (Å²) in [7, 11) is 0. The van der Waals surface area contributed by atoms with Crippen molar-refractivity contribution in [3.8, 4) is 0 Å². The fraction of sp³-hybridized carbons (Fsp3) is 0.650. The number of hydrogen-bond donors (Lipinski definition) is 1. The van der Waals surface area contributed by atoms with Crippen LogP contribution < -0.4 is 0 Å². The molecule has 4 rings (SSSR count). The number of rotatable bonds is 3. The van der Waals surface area contributed by atoms with E-state index in [1.807, 2.05) is 18.4 Å². The smallest absolute Gasteiger partial charge is 0.310 e. The summed E-state index contributed by atoms with van der Waals surface area (Å²) in [5.74, 6) is 0.225. The molecule has 2 aliphatic carbocycles. The van der Waals surface area contributed by atoms with E-state index in [1.165, 1.54) is 11.1 Å². The second-order valence-electron chi connectivity index (χ2n) is 8.19. The van der Waals surface area contributed by atoms with Crippen molar-refractivity contribution in [3.63, 3.8) is 0 Å². The first-order valence-corrected chi connectivity index (χ1v) is 9.04. The summed E-state index contributed by atoms with van der Waals surface area (Å²) in [6.45, 7) is 5.10. The van der Waals surface area contributed by atoms with Gasteiger partial charge in [-0.2, -0.15) is 0 Å². The molecule has 24 heavy (non-hydrogen) atoms.